The highest BCUT2D eigenvalue weighted by Gasteiger charge is 2.67. The summed E-state index contributed by atoms with van der Waals surface area (Å²) in [6, 6.07) is 0. The van der Waals surface area contributed by atoms with Crippen LogP contribution >= 0.6 is 0 Å². The molecule has 0 aromatic heterocycles. The second-order valence-electron chi connectivity index (χ2n) is 5.41. The number of hydrogen-bond acceptors (Lipinski definition) is 2. The van der Waals surface area contributed by atoms with Gasteiger partial charge < -0.3 is 0 Å². The van der Waals surface area contributed by atoms with Crippen LogP contribution in [0.4, 0.5) is 0 Å². The maximum atomic E-state index is 12.2. The van der Waals surface area contributed by atoms with E-state index in [2.05, 4.69) is 20.4 Å². The summed E-state index contributed by atoms with van der Waals surface area (Å²) in [7, 11) is 0. The molecule has 2 atom stereocenters. The first-order chi connectivity index (χ1) is 6.96. The Kier molecular flexibility index (Phi) is 2.14. The number of fused-ring (bicyclic) bond motifs is 2. The van der Waals surface area contributed by atoms with E-state index < -0.39 is 5.41 Å². The zero-order chi connectivity index (χ0) is 11.3. The lowest BCUT2D eigenvalue weighted by Crippen LogP contribution is -2.43. The molecule has 2 rings (SSSR count). The first kappa shape index (κ1) is 10.6. The SMILES string of the molecule is C=CCC(=O)[C@]12CC[C@H](CC1=O)C2(C)C. The Morgan fingerprint density at radius 1 is 1.60 bits per heavy atom. The third kappa shape index (κ3) is 1.05. The topological polar surface area (TPSA) is 34.1 Å². The van der Waals surface area contributed by atoms with Crippen molar-refractivity contribution in [3.05, 3.63) is 12.7 Å². The van der Waals surface area contributed by atoms with Gasteiger partial charge in [-0.2, -0.15) is 0 Å². The van der Waals surface area contributed by atoms with Gasteiger partial charge in [0, 0.05) is 12.8 Å². The first-order valence-corrected chi connectivity index (χ1v) is 5.64. The molecule has 2 saturated carbocycles. The van der Waals surface area contributed by atoms with Crippen LogP contribution in [0.25, 0.3) is 0 Å². The van der Waals surface area contributed by atoms with Crippen LogP contribution in [0.15, 0.2) is 12.7 Å². The molecule has 0 unspecified atom stereocenters. The quantitative estimate of drug-likeness (QED) is 0.525. The summed E-state index contributed by atoms with van der Waals surface area (Å²) in [4.78, 5) is 24.2. The van der Waals surface area contributed by atoms with Gasteiger partial charge in [0.2, 0.25) is 0 Å². The number of carbonyl (C=O) groups is 2. The van der Waals surface area contributed by atoms with Crippen LogP contribution in [0.1, 0.15) is 39.5 Å². The molecule has 0 heterocycles. The maximum Gasteiger partial charge on any atom is 0.150 e. The van der Waals surface area contributed by atoms with E-state index in [0.29, 0.717) is 18.8 Å². The molecule has 0 amide bonds. The normalized spacial score (nSPS) is 36.9. The van der Waals surface area contributed by atoms with E-state index >= 15 is 0 Å². The van der Waals surface area contributed by atoms with Gasteiger partial charge in [-0.1, -0.05) is 19.9 Å². The van der Waals surface area contributed by atoms with Gasteiger partial charge in [-0.05, 0) is 24.2 Å². The zero-order valence-corrected chi connectivity index (χ0v) is 9.51. The van der Waals surface area contributed by atoms with E-state index in [4.69, 9.17) is 0 Å². The minimum Gasteiger partial charge on any atom is -0.299 e. The fourth-order valence-electron chi connectivity index (χ4n) is 3.64. The van der Waals surface area contributed by atoms with Crippen molar-refractivity contribution in [3.8, 4) is 0 Å². The third-order valence-electron chi connectivity index (χ3n) is 4.70. The number of ketones is 2. The van der Waals surface area contributed by atoms with Crippen LogP contribution in [0.3, 0.4) is 0 Å². The molecule has 2 nitrogen and oxygen atoms in total. The van der Waals surface area contributed by atoms with Crippen molar-refractivity contribution >= 4 is 11.6 Å². The number of carbonyl (C=O) groups excluding carboxylic acids is 2. The van der Waals surface area contributed by atoms with E-state index in [1.165, 1.54) is 0 Å². The van der Waals surface area contributed by atoms with E-state index in [0.717, 1.165) is 12.8 Å². The van der Waals surface area contributed by atoms with Crippen molar-refractivity contribution in [1.29, 1.82) is 0 Å². The molecular weight excluding hydrogens is 188 g/mol. The summed E-state index contributed by atoms with van der Waals surface area (Å²) in [6.45, 7) is 7.75. The number of hydrogen-bond donors (Lipinski definition) is 0. The molecule has 2 aliphatic rings. The average molecular weight is 206 g/mol. The van der Waals surface area contributed by atoms with Gasteiger partial charge >= 0.3 is 0 Å². The van der Waals surface area contributed by atoms with Crippen LogP contribution in [0, 0.1) is 16.7 Å². The Morgan fingerprint density at radius 3 is 2.67 bits per heavy atom. The Morgan fingerprint density at radius 2 is 2.27 bits per heavy atom. The highest BCUT2D eigenvalue weighted by atomic mass is 16.2. The van der Waals surface area contributed by atoms with E-state index in [9.17, 15) is 9.59 Å². The van der Waals surface area contributed by atoms with Crippen molar-refractivity contribution in [3.63, 3.8) is 0 Å². The van der Waals surface area contributed by atoms with Crippen LogP contribution in [0.5, 0.6) is 0 Å². The standard InChI is InChI=1S/C13H18O2/c1-4-5-10(14)13-7-6-9(8-11(13)15)12(13,2)3/h4,9H,1,5-8H2,2-3H3/t9-,13-/m1/s1. The zero-order valence-electron chi connectivity index (χ0n) is 9.51. The van der Waals surface area contributed by atoms with Crippen molar-refractivity contribution in [2.24, 2.45) is 16.7 Å². The maximum absolute atomic E-state index is 12.2. The highest BCUT2D eigenvalue weighted by molar-refractivity contribution is 6.10. The largest absolute Gasteiger partial charge is 0.299 e. The van der Waals surface area contributed by atoms with Gasteiger partial charge in [0.15, 0.2) is 5.78 Å². The third-order valence-corrected chi connectivity index (χ3v) is 4.70. The molecule has 2 fully saturated rings. The van der Waals surface area contributed by atoms with Crippen LogP contribution in [-0.2, 0) is 9.59 Å². The fraction of sp³-hybridized carbons (Fsp3) is 0.692. The molecule has 0 aromatic carbocycles. The highest BCUT2D eigenvalue weighted by Crippen LogP contribution is 2.64. The summed E-state index contributed by atoms with van der Waals surface area (Å²) in [5, 5.41) is 0. The fourth-order valence-corrected chi connectivity index (χ4v) is 3.64. The molecule has 0 saturated heterocycles. The molecule has 15 heavy (non-hydrogen) atoms. The summed E-state index contributed by atoms with van der Waals surface area (Å²) < 4.78 is 0. The van der Waals surface area contributed by atoms with Crippen LogP contribution in [-0.4, -0.2) is 11.6 Å². The number of allylic oxidation sites excluding steroid dienone is 1. The second kappa shape index (κ2) is 3.03. The number of rotatable bonds is 3. The molecule has 0 aromatic rings. The molecular formula is C13H18O2. The van der Waals surface area contributed by atoms with E-state index in [-0.39, 0.29) is 17.0 Å². The molecule has 0 N–H and O–H groups in total. The van der Waals surface area contributed by atoms with Crippen LogP contribution in [0.2, 0.25) is 0 Å². The Bertz CT molecular complexity index is 340. The number of Topliss-reactive ketones (excluding diaryl/α,β-unsaturated/α-hetero) is 2. The van der Waals surface area contributed by atoms with Crippen LogP contribution < -0.4 is 0 Å². The van der Waals surface area contributed by atoms with Gasteiger partial charge in [0.1, 0.15) is 5.78 Å². The van der Waals surface area contributed by atoms with E-state index in [1.807, 2.05) is 0 Å². The molecule has 2 heteroatoms. The lowest BCUT2D eigenvalue weighted by molar-refractivity contribution is -0.142. The minimum atomic E-state index is -0.675. The second-order valence-corrected chi connectivity index (χ2v) is 5.41. The molecule has 2 bridgehead atoms. The lowest BCUT2D eigenvalue weighted by atomic mass is 9.65. The summed E-state index contributed by atoms with van der Waals surface area (Å²) >= 11 is 0. The minimum absolute atomic E-state index is 0.0903. The Balaban J connectivity index is 2.43. The molecule has 0 radical (unpaired) electrons. The predicted octanol–water partition coefficient (Wildman–Crippen LogP) is 2.53. The van der Waals surface area contributed by atoms with Gasteiger partial charge in [0.05, 0.1) is 5.41 Å². The van der Waals surface area contributed by atoms with Crippen molar-refractivity contribution in [2.45, 2.75) is 39.5 Å². The smallest absolute Gasteiger partial charge is 0.150 e. The monoisotopic (exact) mass is 206 g/mol. The average Bonchev–Trinajstić information content (AvgIpc) is 2.51. The molecule has 0 spiro atoms. The van der Waals surface area contributed by atoms with Crippen molar-refractivity contribution in [2.75, 3.05) is 0 Å². The Labute approximate surface area is 90.7 Å². The van der Waals surface area contributed by atoms with Crippen molar-refractivity contribution < 1.29 is 9.59 Å². The molecule has 2 aliphatic carbocycles. The van der Waals surface area contributed by atoms with E-state index in [1.54, 1.807) is 6.08 Å². The van der Waals surface area contributed by atoms with Gasteiger partial charge in [-0.25, -0.2) is 0 Å². The van der Waals surface area contributed by atoms with Gasteiger partial charge in [-0.15, -0.1) is 6.58 Å². The predicted molar refractivity (Wildman–Crippen MR) is 58.4 cm³/mol. The summed E-state index contributed by atoms with van der Waals surface area (Å²) in [5.41, 5.74) is -0.809. The van der Waals surface area contributed by atoms with Gasteiger partial charge in [-0.3, -0.25) is 9.59 Å². The van der Waals surface area contributed by atoms with Crippen molar-refractivity contribution in [1.82, 2.24) is 0 Å². The molecule has 0 aliphatic heterocycles. The van der Waals surface area contributed by atoms with Gasteiger partial charge in [0.25, 0.3) is 0 Å². The summed E-state index contributed by atoms with van der Waals surface area (Å²) in [6.07, 6.45) is 4.35. The first-order valence-electron chi connectivity index (χ1n) is 5.64. The molecule has 82 valence electrons. The Hall–Kier alpha value is -0.920. The lowest BCUT2D eigenvalue weighted by Gasteiger charge is -2.34. The summed E-state index contributed by atoms with van der Waals surface area (Å²) in [5.74, 6) is 0.682.